The molecular weight excluding hydrogens is 320 g/mol. The first-order valence-electron chi connectivity index (χ1n) is 9.28. The van der Waals surface area contributed by atoms with Gasteiger partial charge >= 0.3 is 11.9 Å². The zero-order valence-electron chi connectivity index (χ0n) is 15.1. The van der Waals surface area contributed by atoms with Gasteiger partial charge in [-0.15, -0.1) is 0 Å². The van der Waals surface area contributed by atoms with Gasteiger partial charge in [0.15, 0.2) is 0 Å². The molecule has 0 aromatic heterocycles. The Morgan fingerprint density at radius 3 is 2.68 bits per heavy atom. The summed E-state index contributed by atoms with van der Waals surface area (Å²) >= 11 is 0. The topological polar surface area (TPSA) is 72.8 Å². The van der Waals surface area contributed by atoms with Crippen molar-refractivity contribution in [2.75, 3.05) is 0 Å². The van der Waals surface area contributed by atoms with E-state index in [-0.39, 0.29) is 22.9 Å². The quantitative estimate of drug-likeness (QED) is 0.796. The Hall–Kier alpha value is -1.62. The Morgan fingerprint density at radius 1 is 1.24 bits per heavy atom. The number of aliphatic hydroxyl groups excluding tert-OH is 1. The van der Waals surface area contributed by atoms with Crippen LogP contribution in [0.1, 0.15) is 52.9 Å². The third-order valence-electron chi connectivity index (χ3n) is 7.50. The maximum absolute atomic E-state index is 12.3. The molecule has 5 nitrogen and oxygen atoms in total. The summed E-state index contributed by atoms with van der Waals surface area (Å²) in [6.45, 7) is 6.72. The minimum absolute atomic E-state index is 0.00734. The molecule has 0 radical (unpaired) electrons. The van der Waals surface area contributed by atoms with Crippen molar-refractivity contribution in [3.05, 3.63) is 23.3 Å². The third-order valence-corrected chi connectivity index (χ3v) is 7.50. The number of esters is 2. The van der Waals surface area contributed by atoms with Gasteiger partial charge in [-0.05, 0) is 55.4 Å². The van der Waals surface area contributed by atoms with Gasteiger partial charge in [-0.2, -0.15) is 0 Å². The molecule has 0 aromatic rings. The molecule has 2 fully saturated rings. The van der Waals surface area contributed by atoms with Crippen LogP contribution in [0.2, 0.25) is 0 Å². The fourth-order valence-electron chi connectivity index (χ4n) is 5.83. The first-order valence-corrected chi connectivity index (χ1v) is 9.28. The molecule has 5 heteroatoms. The molecule has 2 aliphatic carbocycles. The number of aliphatic hydroxyl groups is 1. The molecular formula is C20H26O5. The normalized spacial score (nSPS) is 45.4. The van der Waals surface area contributed by atoms with E-state index >= 15 is 0 Å². The van der Waals surface area contributed by atoms with Crippen LogP contribution >= 0.6 is 0 Å². The molecule has 25 heavy (non-hydrogen) atoms. The van der Waals surface area contributed by atoms with E-state index in [9.17, 15) is 14.7 Å². The van der Waals surface area contributed by atoms with Crippen LogP contribution in [-0.2, 0) is 19.1 Å². The molecule has 1 saturated heterocycles. The van der Waals surface area contributed by atoms with Crippen LogP contribution in [0.15, 0.2) is 23.3 Å². The summed E-state index contributed by atoms with van der Waals surface area (Å²) in [5.41, 5.74) is 1.22. The number of allylic oxidation sites excluding steroid dienone is 1. The highest BCUT2D eigenvalue weighted by molar-refractivity contribution is 5.93. The van der Waals surface area contributed by atoms with Gasteiger partial charge in [0.2, 0.25) is 6.29 Å². The summed E-state index contributed by atoms with van der Waals surface area (Å²) in [7, 11) is 0. The van der Waals surface area contributed by atoms with Gasteiger partial charge in [0, 0.05) is 16.6 Å². The third kappa shape index (κ3) is 2.24. The van der Waals surface area contributed by atoms with Gasteiger partial charge in [0.05, 0.1) is 0 Å². The van der Waals surface area contributed by atoms with Crippen LogP contribution in [0.3, 0.4) is 0 Å². The van der Waals surface area contributed by atoms with Gasteiger partial charge in [-0.1, -0.05) is 26.8 Å². The lowest BCUT2D eigenvalue weighted by Gasteiger charge is -2.57. The van der Waals surface area contributed by atoms with Crippen molar-refractivity contribution in [3.8, 4) is 0 Å². The molecule has 2 aliphatic heterocycles. The monoisotopic (exact) mass is 346 g/mol. The number of carbonyl (C=O) groups is 2. The van der Waals surface area contributed by atoms with E-state index in [0.29, 0.717) is 23.8 Å². The Labute approximate surface area is 148 Å². The second kappa shape index (κ2) is 5.44. The molecule has 4 aliphatic rings. The van der Waals surface area contributed by atoms with Crippen LogP contribution in [-0.4, -0.2) is 29.4 Å². The van der Waals surface area contributed by atoms with Crippen LogP contribution in [0.5, 0.6) is 0 Å². The SMILES string of the molecule is C[C@H]1C[C@H]2OC(=O)C3=CCC[C@@H]([C@]1(C)CCC1=C[C@H](O)OC1=O)[C@]32C. The molecule has 1 N–H and O–H groups in total. The number of carbonyl (C=O) groups excluding carboxylic acids is 2. The molecule has 6 atom stereocenters. The zero-order chi connectivity index (χ0) is 18.0. The second-order valence-corrected chi connectivity index (χ2v) is 8.55. The highest BCUT2D eigenvalue weighted by Crippen LogP contribution is 2.65. The molecule has 1 saturated carbocycles. The predicted molar refractivity (Wildman–Crippen MR) is 90.1 cm³/mol. The van der Waals surface area contributed by atoms with Gasteiger partial charge in [0.1, 0.15) is 6.10 Å². The van der Waals surface area contributed by atoms with E-state index in [1.807, 2.05) is 0 Å². The van der Waals surface area contributed by atoms with E-state index in [0.717, 1.165) is 31.3 Å². The van der Waals surface area contributed by atoms with E-state index in [1.165, 1.54) is 6.08 Å². The number of cyclic esters (lactones) is 1. The lowest BCUT2D eigenvalue weighted by Crippen LogP contribution is -2.54. The van der Waals surface area contributed by atoms with Crippen molar-refractivity contribution in [3.63, 3.8) is 0 Å². The number of hydrogen-bond acceptors (Lipinski definition) is 5. The smallest absolute Gasteiger partial charge is 0.336 e. The van der Waals surface area contributed by atoms with E-state index < -0.39 is 12.3 Å². The van der Waals surface area contributed by atoms with Crippen LogP contribution < -0.4 is 0 Å². The van der Waals surface area contributed by atoms with E-state index in [1.54, 1.807) is 0 Å². The maximum atomic E-state index is 12.3. The van der Waals surface area contributed by atoms with Crippen molar-refractivity contribution in [2.24, 2.45) is 22.7 Å². The summed E-state index contributed by atoms with van der Waals surface area (Å²) in [6, 6.07) is 0. The predicted octanol–water partition coefficient (Wildman–Crippen LogP) is 2.88. The molecule has 136 valence electrons. The number of hydrogen-bond donors (Lipinski definition) is 1. The minimum atomic E-state index is -1.11. The second-order valence-electron chi connectivity index (χ2n) is 8.55. The number of ether oxygens (including phenoxy) is 2. The van der Waals surface area contributed by atoms with Crippen molar-refractivity contribution >= 4 is 11.9 Å². The van der Waals surface area contributed by atoms with Gasteiger partial charge in [-0.3, -0.25) is 0 Å². The standard InChI is InChI=1S/C20H26O5/c1-11-9-15-20(3)13(18(23)24-15)5-4-6-14(20)19(11,2)8-7-12-10-16(21)25-17(12)22/h5,10-11,14-16,21H,4,6-9H2,1-3H3/t11-,14-,15+,16+,19+,20-/m0/s1. The zero-order valence-corrected chi connectivity index (χ0v) is 15.1. The molecule has 0 unspecified atom stereocenters. The Morgan fingerprint density at radius 2 is 2.00 bits per heavy atom. The lowest BCUT2D eigenvalue weighted by molar-refractivity contribution is -0.152. The average molecular weight is 346 g/mol. The van der Waals surface area contributed by atoms with Crippen LogP contribution in [0.25, 0.3) is 0 Å². The van der Waals surface area contributed by atoms with Gasteiger partial charge in [-0.25, -0.2) is 9.59 Å². The Balaban J connectivity index is 1.63. The Kier molecular flexibility index (Phi) is 3.66. The van der Waals surface area contributed by atoms with E-state index in [2.05, 4.69) is 26.8 Å². The first-order chi connectivity index (χ1) is 11.8. The summed E-state index contributed by atoms with van der Waals surface area (Å²) in [5.74, 6) is 0.193. The Bertz CT molecular complexity index is 692. The maximum Gasteiger partial charge on any atom is 0.336 e. The largest absolute Gasteiger partial charge is 0.458 e. The summed E-state index contributed by atoms with van der Waals surface area (Å²) in [6.07, 6.45) is 6.70. The summed E-state index contributed by atoms with van der Waals surface area (Å²) < 4.78 is 10.5. The molecule has 0 bridgehead atoms. The molecule has 0 aromatic carbocycles. The highest BCUT2D eigenvalue weighted by Gasteiger charge is 2.64. The fourth-order valence-corrected chi connectivity index (χ4v) is 5.83. The number of rotatable bonds is 3. The van der Waals surface area contributed by atoms with Crippen molar-refractivity contribution in [1.29, 1.82) is 0 Å². The van der Waals surface area contributed by atoms with E-state index in [4.69, 9.17) is 9.47 Å². The lowest BCUT2D eigenvalue weighted by atomic mass is 9.46. The van der Waals surface area contributed by atoms with Crippen molar-refractivity contribution < 1.29 is 24.2 Å². The first kappa shape index (κ1) is 16.8. The van der Waals surface area contributed by atoms with Gasteiger partial charge < -0.3 is 14.6 Å². The molecule has 2 heterocycles. The molecule has 0 spiro atoms. The van der Waals surface area contributed by atoms with Crippen LogP contribution in [0, 0.1) is 22.7 Å². The summed E-state index contributed by atoms with van der Waals surface area (Å²) in [4.78, 5) is 24.2. The summed E-state index contributed by atoms with van der Waals surface area (Å²) in [5, 5.41) is 9.48. The average Bonchev–Trinajstić information content (AvgIpc) is 3.00. The van der Waals surface area contributed by atoms with Crippen LogP contribution in [0.4, 0.5) is 0 Å². The highest BCUT2D eigenvalue weighted by atomic mass is 16.6. The van der Waals surface area contributed by atoms with Crippen molar-refractivity contribution in [1.82, 2.24) is 0 Å². The minimum Gasteiger partial charge on any atom is -0.458 e. The molecule has 4 rings (SSSR count). The van der Waals surface area contributed by atoms with Crippen molar-refractivity contribution in [2.45, 2.75) is 65.3 Å². The van der Waals surface area contributed by atoms with Gasteiger partial charge in [0.25, 0.3) is 0 Å². The fraction of sp³-hybridized carbons (Fsp3) is 0.700. The molecule has 0 amide bonds.